The van der Waals surface area contributed by atoms with Crippen molar-refractivity contribution in [1.82, 2.24) is 4.90 Å². The van der Waals surface area contributed by atoms with Gasteiger partial charge in [0.25, 0.3) is 0 Å². The highest BCUT2D eigenvalue weighted by atomic mass is 19.3. The van der Waals surface area contributed by atoms with E-state index in [1.54, 1.807) is 17.0 Å². The fourth-order valence-electron chi connectivity index (χ4n) is 6.36. The van der Waals surface area contributed by atoms with Crippen LogP contribution in [0.5, 0.6) is 0 Å². The van der Waals surface area contributed by atoms with Crippen molar-refractivity contribution in [2.24, 2.45) is 5.41 Å². The van der Waals surface area contributed by atoms with Gasteiger partial charge in [-0.15, -0.1) is 0 Å². The summed E-state index contributed by atoms with van der Waals surface area (Å²) < 4.78 is 61.8. The van der Waals surface area contributed by atoms with E-state index >= 15 is 0 Å². The van der Waals surface area contributed by atoms with E-state index in [1.165, 1.54) is 47.2 Å². The summed E-state index contributed by atoms with van der Waals surface area (Å²) >= 11 is 0. The van der Waals surface area contributed by atoms with E-state index in [4.69, 9.17) is 4.74 Å². The molecular formula is C30H33F4N3O4. The number of halogens is 4. The van der Waals surface area contributed by atoms with E-state index in [0.717, 1.165) is 5.56 Å². The van der Waals surface area contributed by atoms with Crippen LogP contribution >= 0.6 is 0 Å². The Labute approximate surface area is 236 Å². The highest BCUT2D eigenvalue weighted by Gasteiger charge is 2.48. The molecule has 0 N–H and O–H groups in total. The third-order valence-corrected chi connectivity index (χ3v) is 8.71. The Morgan fingerprint density at radius 1 is 0.976 bits per heavy atom. The van der Waals surface area contributed by atoms with Gasteiger partial charge in [0.1, 0.15) is 11.6 Å². The molecule has 2 aromatic carbocycles. The number of hydrogen-bond donors (Lipinski definition) is 0. The van der Waals surface area contributed by atoms with Gasteiger partial charge in [0.15, 0.2) is 0 Å². The number of fused-ring (bicyclic) bond motifs is 1. The van der Waals surface area contributed by atoms with Crippen LogP contribution in [-0.4, -0.2) is 61.5 Å². The lowest BCUT2D eigenvalue weighted by atomic mass is 9.75. The van der Waals surface area contributed by atoms with E-state index in [-0.39, 0.29) is 56.9 Å². The fourth-order valence-corrected chi connectivity index (χ4v) is 6.36. The van der Waals surface area contributed by atoms with E-state index in [2.05, 4.69) is 0 Å². The molecule has 41 heavy (non-hydrogen) atoms. The van der Waals surface area contributed by atoms with E-state index < -0.39 is 53.7 Å². The number of carbonyl (C=O) groups is 3. The second-order valence-corrected chi connectivity index (χ2v) is 11.2. The van der Waals surface area contributed by atoms with Gasteiger partial charge in [0, 0.05) is 44.9 Å². The molecule has 5 rings (SSSR count). The van der Waals surface area contributed by atoms with Crippen LogP contribution in [0.2, 0.25) is 0 Å². The predicted molar refractivity (Wildman–Crippen MR) is 144 cm³/mol. The third kappa shape index (κ3) is 5.76. The number of amides is 3. The van der Waals surface area contributed by atoms with Crippen LogP contribution in [0.15, 0.2) is 42.5 Å². The van der Waals surface area contributed by atoms with Crippen molar-refractivity contribution in [1.29, 1.82) is 0 Å². The molecule has 1 saturated heterocycles. The second-order valence-electron chi connectivity index (χ2n) is 11.2. The molecule has 0 aromatic heterocycles. The van der Waals surface area contributed by atoms with Gasteiger partial charge in [-0.05, 0) is 61.9 Å². The smallest absolute Gasteiger partial charge is 0.324 e. The summed E-state index contributed by atoms with van der Waals surface area (Å²) in [5.74, 6) is -5.11. The molecule has 2 heterocycles. The minimum Gasteiger partial charge on any atom is -0.469 e. The molecule has 0 bridgehead atoms. The summed E-state index contributed by atoms with van der Waals surface area (Å²) in [5.41, 5.74) is 0.105. The zero-order valence-electron chi connectivity index (χ0n) is 22.9. The average molecular weight is 576 g/mol. The quantitative estimate of drug-likeness (QED) is 0.339. The molecule has 2 fully saturated rings. The first-order valence-electron chi connectivity index (χ1n) is 13.9. The number of hydrogen-bond acceptors (Lipinski definition) is 4. The number of rotatable bonds is 5. The van der Waals surface area contributed by atoms with Crippen molar-refractivity contribution in [2.75, 3.05) is 36.5 Å². The maximum Gasteiger partial charge on any atom is 0.324 e. The first kappa shape index (κ1) is 28.9. The van der Waals surface area contributed by atoms with Gasteiger partial charge in [-0.2, -0.15) is 0 Å². The number of likely N-dealkylation sites (tertiary alicyclic amines) is 1. The molecule has 0 unspecified atom stereocenters. The first-order valence-corrected chi connectivity index (χ1v) is 13.9. The van der Waals surface area contributed by atoms with Crippen LogP contribution in [-0.2, 0) is 20.7 Å². The summed E-state index contributed by atoms with van der Waals surface area (Å²) in [7, 11) is 1.22. The Balaban J connectivity index is 1.34. The number of ether oxygens (including phenoxy) is 1. The molecule has 2 aliphatic heterocycles. The van der Waals surface area contributed by atoms with E-state index in [9.17, 15) is 31.9 Å². The van der Waals surface area contributed by atoms with Crippen LogP contribution < -0.4 is 9.80 Å². The van der Waals surface area contributed by atoms with Crippen LogP contribution in [0.25, 0.3) is 0 Å². The minimum absolute atomic E-state index is 0.00151. The standard InChI is InChI=1S/C30H33F4N3O4/c1-41-27(39)29(13-16-35(17-14-29)28(40)36-15-10-20-6-7-21(31)18-25(20)36)19-26(38)37(24-5-3-2-4-23(24)32)22-8-11-30(33,34)12-9-22/h2-7,18,22H,8-17,19H2,1H3. The number of anilines is 2. The van der Waals surface area contributed by atoms with E-state index in [1.807, 2.05) is 0 Å². The van der Waals surface area contributed by atoms with Crippen LogP contribution in [0.3, 0.4) is 0 Å². The van der Waals surface area contributed by atoms with Gasteiger partial charge in [0.05, 0.1) is 23.9 Å². The minimum atomic E-state index is -2.84. The molecular weight excluding hydrogens is 542 g/mol. The number of carbonyl (C=O) groups excluding carboxylic acids is 3. The van der Waals surface area contributed by atoms with Gasteiger partial charge in [-0.25, -0.2) is 22.4 Å². The van der Waals surface area contributed by atoms with Crippen molar-refractivity contribution < 1.29 is 36.7 Å². The van der Waals surface area contributed by atoms with Crippen molar-refractivity contribution in [2.45, 2.75) is 63.3 Å². The molecule has 0 spiro atoms. The average Bonchev–Trinajstić information content (AvgIpc) is 3.37. The Morgan fingerprint density at radius 3 is 2.32 bits per heavy atom. The molecule has 3 amide bonds. The summed E-state index contributed by atoms with van der Waals surface area (Å²) in [6.45, 7) is 0.711. The fraction of sp³-hybridized carbons (Fsp3) is 0.500. The number of piperidine rings is 1. The van der Waals surface area contributed by atoms with E-state index in [0.29, 0.717) is 18.7 Å². The highest BCUT2D eigenvalue weighted by molar-refractivity contribution is 5.98. The van der Waals surface area contributed by atoms with Gasteiger partial charge in [-0.1, -0.05) is 18.2 Å². The van der Waals surface area contributed by atoms with Crippen molar-refractivity contribution >= 4 is 29.3 Å². The number of benzene rings is 2. The maximum absolute atomic E-state index is 14.9. The molecule has 11 heteroatoms. The lowest BCUT2D eigenvalue weighted by Crippen LogP contribution is -2.53. The summed E-state index contributed by atoms with van der Waals surface area (Å²) in [4.78, 5) is 44.7. The Morgan fingerprint density at radius 2 is 1.66 bits per heavy atom. The molecule has 2 aromatic rings. The molecule has 0 atom stereocenters. The van der Waals surface area contributed by atoms with Gasteiger partial charge < -0.3 is 14.5 Å². The van der Waals surface area contributed by atoms with Crippen LogP contribution in [0.4, 0.5) is 33.7 Å². The lowest BCUT2D eigenvalue weighted by Gasteiger charge is -2.42. The number of urea groups is 1. The van der Waals surface area contributed by atoms with Crippen molar-refractivity contribution in [3.63, 3.8) is 0 Å². The highest BCUT2D eigenvalue weighted by Crippen LogP contribution is 2.42. The zero-order valence-corrected chi connectivity index (χ0v) is 22.9. The molecule has 1 aliphatic carbocycles. The Hall–Kier alpha value is -3.63. The number of esters is 1. The zero-order chi connectivity index (χ0) is 29.4. The third-order valence-electron chi connectivity index (χ3n) is 8.71. The van der Waals surface area contributed by atoms with Crippen LogP contribution in [0, 0.1) is 17.0 Å². The summed E-state index contributed by atoms with van der Waals surface area (Å²) in [5, 5.41) is 0. The normalized spacial score (nSPS) is 19.9. The largest absolute Gasteiger partial charge is 0.469 e. The van der Waals surface area contributed by atoms with Crippen molar-refractivity contribution in [3.8, 4) is 0 Å². The Bertz CT molecular complexity index is 1320. The molecule has 0 radical (unpaired) electrons. The van der Waals surface area contributed by atoms with Gasteiger partial charge in [-0.3, -0.25) is 14.5 Å². The second kappa shape index (κ2) is 11.3. The summed E-state index contributed by atoms with van der Waals surface area (Å²) in [6.07, 6.45) is -0.312. The maximum atomic E-state index is 14.9. The lowest BCUT2D eigenvalue weighted by molar-refractivity contribution is -0.158. The molecule has 1 saturated carbocycles. The van der Waals surface area contributed by atoms with Gasteiger partial charge in [0.2, 0.25) is 11.8 Å². The predicted octanol–water partition coefficient (Wildman–Crippen LogP) is 5.70. The number of methoxy groups -OCH3 is 1. The topological polar surface area (TPSA) is 70.2 Å². The molecule has 220 valence electrons. The number of para-hydroxylation sites is 1. The monoisotopic (exact) mass is 575 g/mol. The first-order chi connectivity index (χ1) is 19.5. The van der Waals surface area contributed by atoms with Crippen molar-refractivity contribution in [3.05, 3.63) is 59.7 Å². The van der Waals surface area contributed by atoms with Gasteiger partial charge >= 0.3 is 12.0 Å². The molecule has 3 aliphatic rings. The summed E-state index contributed by atoms with van der Waals surface area (Å²) in [6, 6.07) is 9.08. The number of nitrogens with zero attached hydrogens (tertiary/aromatic N) is 3. The number of alkyl halides is 2. The molecule has 7 nitrogen and oxygen atoms in total. The van der Waals surface area contributed by atoms with Crippen LogP contribution in [0.1, 0.15) is 50.5 Å². The SMILES string of the molecule is COC(=O)C1(CC(=O)N(c2ccccc2F)C2CCC(F)(F)CC2)CCN(C(=O)N2CCc3ccc(F)cc32)CC1. The Kier molecular flexibility index (Phi) is 7.98.